The van der Waals surface area contributed by atoms with Crippen molar-refractivity contribution in [2.24, 2.45) is 0 Å². The minimum Gasteiger partial charge on any atom is -0.478 e. The Bertz CT molecular complexity index is 526. The van der Waals surface area contributed by atoms with E-state index in [4.69, 9.17) is 9.84 Å². The van der Waals surface area contributed by atoms with Crippen LogP contribution in [0.25, 0.3) is 0 Å². The maximum Gasteiger partial charge on any atom is 0.335 e. The van der Waals surface area contributed by atoms with Crippen molar-refractivity contribution in [3.63, 3.8) is 0 Å². The smallest absolute Gasteiger partial charge is 0.335 e. The second kappa shape index (κ2) is 5.07. The first kappa shape index (κ1) is 13.0. The van der Waals surface area contributed by atoms with E-state index in [1.54, 1.807) is 0 Å². The van der Waals surface area contributed by atoms with Gasteiger partial charge >= 0.3 is 5.97 Å². The third-order valence-corrected chi connectivity index (χ3v) is 4.69. The van der Waals surface area contributed by atoms with Crippen LogP contribution in [0.15, 0.2) is 29.2 Å². The molecule has 1 saturated heterocycles. The van der Waals surface area contributed by atoms with Gasteiger partial charge in [-0.3, -0.25) is 0 Å². The molecule has 0 radical (unpaired) electrons. The van der Waals surface area contributed by atoms with E-state index in [1.807, 2.05) is 0 Å². The molecule has 2 rings (SSSR count). The van der Waals surface area contributed by atoms with E-state index in [2.05, 4.69) is 0 Å². The van der Waals surface area contributed by atoms with Crippen molar-refractivity contribution in [3.8, 4) is 0 Å². The van der Waals surface area contributed by atoms with Gasteiger partial charge in [-0.2, -0.15) is 0 Å². The lowest BCUT2D eigenvalue weighted by molar-refractivity contribution is 0.0696. The SMILES string of the molecule is O=C(O)c1ccc(S(=O)(=O)CC2CCCO2)cc1. The van der Waals surface area contributed by atoms with E-state index in [0.717, 1.165) is 12.8 Å². The highest BCUT2D eigenvalue weighted by Gasteiger charge is 2.24. The van der Waals surface area contributed by atoms with Crippen molar-refractivity contribution in [2.45, 2.75) is 23.8 Å². The molecule has 1 aromatic carbocycles. The number of ether oxygens (including phenoxy) is 1. The number of hydrogen-bond donors (Lipinski definition) is 1. The van der Waals surface area contributed by atoms with Crippen molar-refractivity contribution >= 4 is 15.8 Å². The molecule has 0 saturated carbocycles. The van der Waals surface area contributed by atoms with Crippen molar-refractivity contribution in [2.75, 3.05) is 12.4 Å². The number of benzene rings is 1. The first-order chi connectivity index (χ1) is 8.49. The summed E-state index contributed by atoms with van der Waals surface area (Å²) >= 11 is 0. The molecule has 0 aromatic heterocycles. The van der Waals surface area contributed by atoms with Crippen LogP contribution >= 0.6 is 0 Å². The van der Waals surface area contributed by atoms with Gasteiger partial charge in [-0.1, -0.05) is 0 Å². The second-order valence-corrected chi connectivity index (χ2v) is 6.28. The number of carboxylic acid groups (broad SMARTS) is 1. The fraction of sp³-hybridized carbons (Fsp3) is 0.417. The number of sulfone groups is 1. The van der Waals surface area contributed by atoms with Crippen molar-refractivity contribution in [1.82, 2.24) is 0 Å². The summed E-state index contributed by atoms with van der Waals surface area (Å²) in [4.78, 5) is 10.8. The minimum absolute atomic E-state index is 0.0422. The van der Waals surface area contributed by atoms with E-state index in [1.165, 1.54) is 24.3 Å². The van der Waals surface area contributed by atoms with Crippen molar-refractivity contribution in [3.05, 3.63) is 29.8 Å². The molecule has 1 heterocycles. The fourth-order valence-electron chi connectivity index (χ4n) is 1.92. The Morgan fingerprint density at radius 3 is 2.50 bits per heavy atom. The number of carboxylic acids is 1. The summed E-state index contributed by atoms with van der Waals surface area (Å²) in [5.41, 5.74) is 0.0751. The molecule has 1 aliphatic rings. The Morgan fingerprint density at radius 1 is 1.33 bits per heavy atom. The van der Waals surface area contributed by atoms with Crippen molar-refractivity contribution < 1.29 is 23.1 Å². The monoisotopic (exact) mass is 270 g/mol. The average Bonchev–Trinajstić information content (AvgIpc) is 2.81. The van der Waals surface area contributed by atoms with E-state index < -0.39 is 15.8 Å². The number of carbonyl (C=O) groups is 1. The molecule has 0 aliphatic carbocycles. The Hall–Kier alpha value is -1.40. The lowest BCUT2D eigenvalue weighted by atomic mass is 10.2. The summed E-state index contributed by atoms with van der Waals surface area (Å²) in [6.07, 6.45) is 1.40. The zero-order valence-electron chi connectivity index (χ0n) is 9.70. The van der Waals surface area contributed by atoms with Gasteiger partial charge in [0.2, 0.25) is 0 Å². The molecule has 0 spiro atoms. The van der Waals surface area contributed by atoms with Gasteiger partial charge in [-0.05, 0) is 37.1 Å². The summed E-state index contributed by atoms with van der Waals surface area (Å²) in [7, 11) is -3.40. The van der Waals surface area contributed by atoms with E-state index in [0.29, 0.717) is 6.61 Å². The largest absolute Gasteiger partial charge is 0.478 e. The zero-order valence-corrected chi connectivity index (χ0v) is 10.5. The average molecular weight is 270 g/mol. The lowest BCUT2D eigenvalue weighted by Gasteiger charge is -2.10. The summed E-state index contributed by atoms with van der Waals surface area (Å²) in [6, 6.07) is 5.25. The summed E-state index contributed by atoms with van der Waals surface area (Å²) in [6.45, 7) is 0.609. The molecule has 5 nitrogen and oxygen atoms in total. The highest BCUT2D eigenvalue weighted by Crippen LogP contribution is 2.19. The van der Waals surface area contributed by atoms with E-state index in [9.17, 15) is 13.2 Å². The standard InChI is InChI=1S/C12H14O5S/c13-12(14)9-3-5-11(6-4-9)18(15,16)8-10-2-1-7-17-10/h3-6,10H,1-2,7-8H2,(H,13,14). The highest BCUT2D eigenvalue weighted by molar-refractivity contribution is 7.91. The van der Waals surface area contributed by atoms with Gasteiger partial charge in [0.1, 0.15) is 0 Å². The van der Waals surface area contributed by atoms with Crippen LogP contribution in [0.3, 0.4) is 0 Å². The van der Waals surface area contributed by atoms with Gasteiger partial charge in [0.15, 0.2) is 9.84 Å². The zero-order chi connectivity index (χ0) is 13.2. The van der Waals surface area contributed by atoms with Crippen LogP contribution < -0.4 is 0 Å². The summed E-state index contributed by atoms with van der Waals surface area (Å²) in [5, 5.41) is 8.74. The molecular weight excluding hydrogens is 256 g/mol. The molecule has 6 heteroatoms. The van der Waals surface area contributed by atoms with Crippen LogP contribution in [0.5, 0.6) is 0 Å². The molecule has 1 N–H and O–H groups in total. The van der Waals surface area contributed by atoms with Gasteiger partial charge in [0.25, 0.3) is 0 Å². The van der Waals surface area contributed by atoms with Gasteiger partial charge in [0, 0.05) is 6.61 Å². The molecule has 0 bridgehead atoms. The predicted molar refractivity (Wildman–Crippen MR) is 64.4 cm³/mol. The van der Waals surface area contributed by atoms with Gasteiger partial charge in [-0.15, -0.1) is 0 Å². The normalized spacial score (nSPS) is 19.9. The first-order valence-corrected chi connectivity index (χ1v) is 7.32. The first-order valence-electron chi connectivity index (χ1n) is 5.67. The number of aromatic carboxylic acids is 1. The lowest BCUT2D eigenvalue weighted by Crippen LogP contribution is -2.20. The maximum atomic E-state index is 12.0. The van der Waals surface area contributed by atoms with Crippen LogP contribution in [0.2, 0.25) is 0 Å². The van der Waals surface area contributed by atoms with Crippen LogP contribution in [0.1, 0.15) is 23.2 Å². The quantitative estimate of drug-likeness (QED) is 0.893. The van der Waals surface area contributed by atoms with Gasteiger partial charge in [0.05, 0.1) is 22.3 Å². The molecule has 18 heavy (non-hydrogen) atoms. The van der Waals surface area contributed by atoms with Crippen molar-refractivity contribution in [1.29, 1.82) is 0 Å². The third-order valence-electron chi connectivity index (χ3n) is 2.89. The topological polar surface area (TPSA) is 80.7 Å². The Morgan fingerprint density at radius 2 is 2.00 bits per heavy atom. The van der Waals surface area contributed by atoms with Crippen LogP contribution in [-0.2, 0) is 14.6 Å². The Labute approximate surface area is 105 Å². The molecule has 1 unspecified atom stereocenters. The van der Waals surface area contributed by atoms with Gasteiger partial charge in [-0.25, -0.2) is 13.2 Å². The summed E-state index contributed by atoms with van der Waals surface area (Å²) < 4.78 is 29.4. The molecule has 0 amide bonds. The minimum atomic E-state index is -3.40. The Balaban J connectivity index is 2.16. The maximum absolute atomic E-state index is 12.0. The third kappa shape index (κ3) is 2.88. The molecule has 1 atom stereocenters. The Kier molecular flexibility index (Phi) is 3.68. The van der Waals surface area contributed by atoms with Crippen LogP contribution in [0, 0.1) is 0 Å². The highest BCUT2D eigenvalue weighted by atomic mass is 32.2. The molecule has 1 fully saturated rings. The second-order valence-electron chi connectivity index (χ2n) is 4.25. The van der Waals surface area contributed by atoms with E-state index in [-0.39, 0.29) is 22.3 Å². The van der Waals surface area contributed by atoms with Crippen LogP contribution in [0.4, 0.5) is 0 Å². The molecule has 98 valence electrons. The number of hydrogen-bond acceptors (Lipinski definition) is 4. The fourth-order valence-corrected chi connectivity index (χ4v) is 3.42. The predicted octanol–water partition coefficient (Wildman–Crippen LogP) is 1.34. The molecule has 1 aromatic rings. The van der Waals surface area contributed by atoms with Crippen LogP contribution in [-0.4, -0.2) is 38.0 Å². The number of rotatable bonds is 4. The van der Waals surface area contributed by atoms with Gasteiger partial charge < -0.3 is 9.84 Å². The summed E-state index contributed by atoms with van der Waals surface area (Å²) in [5.74, 6) is -1.11. The van der Waals surface area contributed by atoms with E-state index >= 15 is 0 Å². The molecule has 1 aliphatic heterocycles. The molecular formula is C12H14O5S.